The summed E-state index contributed by atoms with van der Waals surface area (Å²) in [6, 6.07) is 19.2. The molecule has 4 rings (SSSR count). The molecule has 0 saturated carbocycles. The molecule has 0 heterocycles. The topological polar surface area (TPSA) is 52.6 Å². The van der Waals surface area contributed by atoms with E-state index < -0.39 is 9.84 Å². The molecule has 0 saturated heterocycles. The third-order valence-corrected chi connectivity index (χ3v) is 9.15. The Morgan fingerprint density at radius 1 is 1.05 bits per heavy atom. The third-order valence-electron chi connectivity index (χ3n) is 6.86. The molecule has 1 aliphatic rings. The molecule has 198 valence electrons. The van der Waals surface area contributed by atoms with Crippen LogP contribution in [0.25, 0.3) is 11.1 Å². The van der Waals surface area contributed by atoms with Crippen molar-refractivity contribution in [3.8, 4) is 22.6 Å². The second-order valence-electron chi connectivity index (χ2n) is 9.86. The van der Waals surface area contributed by atoms with Crippen LogP contribution in [-0.2, 0) is 27.3 Å². The Morgan fingerprint density at radius 3 is 2.65 bits per heavy atom. The van der Waals surface area contributed by atoms with Crippen molar-refractivity contribution >= 4 is 45.1 Å². The lowest BCUT2D eigenvalue weighted by molar-refractivity contribution is 0.305. The Kier molecular flexibility index (Phi) is 9.86. The highest BCUT2D eigenvalue weighted by atomic mass is 127. The smallest absolute Gasteiger partial charge is 0.147 e. The number of alkyl halides is 1. The monoisotopic (exact) mass is 650 g/mol. The van der Waals surface area contributed by atoms with Gasteiger partial charge in [0.25, 0.3) is 0 Å². The highest BCUT2D eigenvalue weighted by Gasteiger charge is 2.19. The Balaban J connectivity index is 1.46. The molecule has 3 aromatic carbocycles. The van der Waals surface area contributed by atoms with Gasteiger partial charge in [-0.15, -0.1) is 0 Å². The van der Waals surface area contributed by atoms with E-state index in [9.17, 15) is 8.42 Å². The van der Waals surface area contributed by atoms with Gasteiger partial charge in [0.05, 0.1) is 12.4 Å². The van der Waals surface area contributed by atoms with Crippen LogP contribution in [0.3, 0.4) is 0 Å². The summed E-state index contributed by atoms with van der Waals surface area (Å²) in [6.45, 7) is 3.00. The fourth-order valence-corrected chi connectivity index (χ4v) is 6.71. The molecule has 0 N–H and O–H groups in total. The molecule has 0 aromatic heterocycles. The fourth-order valence-electron chi connectivity index (χ4n) is 5.09. The van der Waals surface area contributed by atoms with E-state index in [-0.39, 0.29) is 5.75 Å². The van der Waals surface area contributed by atoms with Crippen molar-refractivity contribution in [2.24, 2.45) is 0 Å². The first-order valence-electron chi connectivity index (χ1n) is 12.7. The first-order valence-corrected chi connectivity index (χ1v) is 16.9. The van der Waals surface area contributed by atoms with Crippen molar-refractivity contribution < 1.29 is 17.9 Å². The van der Waals surface area contributed by atoms with E-state index in [1.807, 2.05) is 6.07 Å². The van der Waals surface area contributed by atoms with Crippen LogP contribution in [0.5, 0.6) is 11.5 Å². The van der Waals surface area contributed by atoms with Crippen LogP contribution < -0.4 is 9.47 Å². The number of thiol groups is 1. The van der Waals surface area contributed by atoms with E-state index in [1.54, 1.807) is 0 Å². The van der Waals surface area contributed by atoms with Gasteiger partial charge in [-0.3, -0.25) is 0 Å². The maximum atomic E-state index is 11.4. The molecule has 0 amide bonds. The SMILES string of the molecule is Cc1cc(OCCCS(C)(=O)=O)cc(CI)c1-c1cccc(COc2ccc3c(c2)CCCC3CS)c1. The van der Waals surface area contributed by atoms with Gasteiger partial charge >= 0.3 is 0 Å². The minimum Gasteiger partial charge on any atom is -0.494 e. The summed E-state index contributed by atoms with van der Waals surface area (Å²) in [7, 11) is -2.97. The summed E-state index contributed by atoms with van der Waals surface area (Å²) in [5.41, 5.74) is 8.67. The predicted octanol–water partition coefficient (Wildman–Crippen LogP) is 7.34. The Morgan fingerprint density at radius 2 is 1.89 bits per heavy atom. The fraction of sp³-hybridized carbons (Fsp3) is 0.400. The molecule has 7 heteroatoms. The van der Waals surface area contributed by atoms with Crippen LogP contribution in [0, 0.1) is 6.92 Å². The van der Waals surface area contributed by atoms with Gasteiger partial charge in [-0.1, -0.05) is 46.9 Å². The van der Waals surface area contributed by atoms with Crippen molar-refractivity contribution in [3.05, 3.63) is 82.4 Å². The van der Waals surface area contributed by atoms with E-state index in [4.69, 9.17) is 9.47 Å². The summed E-state index contributed by atoms with van der Waals surface area (Å²) < 4.78 is 35.7. The Hall–Kier alpha value is -1.71. The molecular formula is C30H35IO4S2. The van der Waals surface area contributed by atoms with Gasteiger partial charge in [0, 0.05) is 10.7 Å². The lowest BCUT2D eigenvalue weighted by atomic mass is 9.84. The summed E-state index contributed by atoms with van der Waals surface area (Å²) in [5.74, 6) is 3.30. The van der Waals surface area contributed by atoms with Crippen LogP contribution in [0.15, 0.2) is 54.6 Å². The van der Waals surface area contributed by atoms with Gasteiger partial charge in [0.15, 0.2) is 0 Å². The average molecular weight is 651 g/mol. The first-order chi connectivity index (χ1) is 17.8. The minimum absolute atomic E-state index is 0.139. The number of rotatable bonds is 11. The number of halogens is 1. The van der Waals surface area contributed by atoms with Gasteiger partial charge in [-0.05, 0) is 114 Å². The van der Waals surface area contributed by atoms with Crippen LogP contribution in [0.1, 0.15) is 53.0 Å². The summed E-state index contributed by atoms with van der Waals surface area (Å²) in [6.07, 6.45) is 5.29. The van der Waals surface area contributed by atoms with Crippen molar-refractivity contribution in [1.82, 2.24) is 0 Å². The van der Waals surface area contributed by atoms with E-state index in [0.717, 1.165) is 44.8 Å². The number of fused-ring (bicyclic) bond motifs is 1. The summed E-state index contributed by atoms with van der Waals surface area (Å²) in [4.78, 5) is 0. The maximum absolute atomic E-state index is 11.4. The van der Waals surface area contributed by atoms with Gasteiger partial charge in [-0.2, -0.15) is 12.6 Å². The number of aryl methyl sites for hydroxylation is 2. The Labute approximate surface area is 240 Å². The highest BCUT2D eigenvalue weighted by molar-refractivity contribution is 14.1. The molecular weight excluding hydrogens is 615 g/mol. The molecule has 0 bridgehead atoms. The molecule has 0 radical (unpaired) electrons. The van der Waals surface area contributed by atoms with Crippen molar-refractivity contribution in [2.45, 2.75) is 49.6 Å². The van der Waals surface area contributed by atoms with Crippen LogP contribution in [0.2, 0.25) is 0 Å². The molecule has 0 fully saturated rings. The number of hydrogen-bond acceptors (Lipinski definition) is 5. The first kappa shape index (κ1) is 28.3. The zero-order valence-corrected chi connectivity index (χ0v) is 25.4. The molecule has 1 unspecified atom stereocenters. The minimum atomic E-state index is -2.97. The Bertz CT molecular complexity index is 1340. The summed E-state index contributed by atoms with van der Waals surface area (Å²) >= 11 is 6.92. The van der Waals surface area contributed by atoms with Gasteiger partial charge < -0.3 is 9.47 Å². The average Bonchev–Trinajstić information content (AvgIpc) is 2.88. The molecule has 0 spiro atoms. The second-order valence-corrected chi connectivity index (χ2v) is 13.2. The lowest BCUT2D eigenvalue weighted by Gasteiger charge is -2.24. The zero-order valence-electron chi connectivity index (χ0n) is 21.5. The van der Waals surface area contributed by atoms with Crippen LogP contribution in [0.4, 0.5) is 0 Å². The number of benzene rings is 3. The highest BCUT2D eigenvalue weighted by Crippen LogP contribution is 2.36. The second kappa shape index (κ2) is 12.9. The van der Waals surface area contributed by atoms with E-state index in [1.165, 1.54) is 41.4 Å². The quantitative estimate of drug-likeness (QED) is 0.102. The maximum Gasteiger partial charge on any atom is 0.147 e. The van der Waals surface area contributed by atoms with Crippen molar-refractivity contribution in [1.29, 1.82) is 0 Å². The molecule has 3 aromatic rings. The normalized spacial score (nSPS) is 15.3. The van der Waals surface area contributed by atoms with E-state index in [2.05, 4.69) is 90.7 Å². The molecule has 4 nitrogen and oxygen atoms in total. The van der Waals surface area contributed by atoms with Crippen LogP contribution >= 0.6 is 35.2 Å². The molecule has 37 heavy (non-hydrogen) atoms. The van der Waals surface area contributed by atoms with Crippen LogP contribution in [-0.4, -0.2) is 32.8 Å². The van der Waals surface area contributed by atoms with Gasteiger partial charge in [0.2, 0.25) is 0 Å². The number of sulfone groups is 1. The molecule has 0 aliphatic heterocycles. The predicted molar refractivity (Wildman–Crippen MR) is 164 cm³/mol. The number of ether oxygens (including phenoxy) is 2. The largest absolute Gasteiger partial charge is 0.494 e. The van der Waals surface area contributed by atoms with Crippen molar-refractivity contribution in [3.63, 3.8) is 0 Å². The molecule has 1 atom stereocenters. The van der Waals surface area contributed by atoms with E-state index in [0.29, 0.717) is 25.6 Å². The zero-order chi connectivity index (χ0) is 26.4. The van der Waals surface area contributed by atoms with Gasteiger partial charge in [0.1, 0.15) is 27.9 Å². The standard InChI is InChI=1S/C30H35IO4S2/c1-21-14-28(34-12-5-13-37(2,32)33)17-26(18-31)30(21)24-8-3-6-22(15-24)19-35-27-10-11-29-23(16-27)7-4-9-25(29)20-36/h3,6,8,10-11,14-17,25,36H,4-5,7,9,12-13,18-20H2,1-2H3. The van der Waals surface area contributed by atoms with Crippen molar-refractivity contribution in [2.75, 3.05) is 24.4 Å². The van der Waals surface area contributed by atoms with Gasteiger partial charge in [-0.25, -0.2) is 8.42 Å². The number of hydrogen-bond donors (Lipinski definition) is 1. The van der Waals surface area contributed by atoms with E-state index >= 15 is 0 Å². The molecule has 1 aliphatic carbocycles. The lowest BCUT2D eigenvalue weighted by Crippen LogP contribution is -2.11. The summed E-state index contributed by atoms with van der Waals surface area (Å²) in [5, 5.41) is 0. The third kappa shape index (κ3) is 7.67.